The van der Waals surface area contributed by atoms with E-state index in [1.807, 2.05) is 0 Å². The first-order chi connectivity index (χ1) is 17.0. The van der Waals surface area contributed by atoms with Crippen LogP contribution in [0, 0.1) is 0 Å². The molecule has 0 unspecified atom stereocenters. The van der Waals surface area contributed by atoms with Gasteiger partial charge in [-0.25, -0.2) is 8.42 Å². The van der Waals surface area contributed by atoms with Crippen molar-refractivity contribution < 1.29 is 26.5 Å². The number of rotatable bonds is 7. The van der Waals surface area contributed by atoms with E-state index in [-0.39, 0.29) is 68.8 Å². The molecule has 4 aromatic carbocycles. The van der Waals surface area contributed by atoms with Gasteiger partial charge in [-0.1, -0.05) is 36.4 Å². The van der Waals surface area contributed by atoms with E-state index in [9.17, 15) is 26.5 Å². The van der Waals surface area contributed by atoms with Gasteiger partial charge in [0.2, 0.25) is 0 Å². The number of para-hydroxylation sites is 1. The molecule has 4 rings (SSSR count). The number of phenolic OH excluding ortho intramolecular Hbond substituents is 1. The van der Waals surface area contributed by atoms with Gasteiger partial charge in [-0.3, -0.25) is 8.86 Å². The van der Waals surface area contributed by atoms with Gasteiger partial charge in [0.1, 0.15) is 22.0 Å². The minimum Gasteiger partial charge on any atom is -0.507 e. The smallest absolute Gasteiger partial charge is 0.294 e. The fourth-order valence-electron chi connectivity index (χ4n) is 3.74. The summed E-state index contributed by atoms with van der Waals surface area (Å²) in [7, 11) is -8.58. The number of anilines is 2. The van der Waals surface area contributed by atoms with Crippen LogP contribution in [0.3, 0.4) is 0 Å². The van der Waals surface area contributed by atoms with Crippen LogP contribution < -0.4 is 10.0 Å². The van der Waals surface area contributed by atoms with E-state index in [1.54, 1.807) is 49.4 Å². The third-order valence-electron chi connectivity index (χ3n) is 5.39. The van der Waals surface area contributed by atoms with Crippen molar-refractivity contribution in [2.24, 2.45) is 10.2 Å². The summed E-state index contributed by atoms with van der Waals surface area (Å²) in [6, 6.07) is 19.6. The van der Waals surface area contributed by atoms with E-state index < -0.39 is 30.8 Å². The van der Waals surface area contributed by atoms with E-state index in [4.69, 9.17) is 5.73 Å². The van der Waals surface area contributed by atoms with Gasteiger partial charge in [0.05, 0.1) is 21.7 Å². The maximum atomic E-state index is 13.5. The quantitative estimate of drug-likeness (QED) is 0.131. The molecule has 0 spiro atoms. The Labute approximate surface area is 236 Å². The van der Waals surface area contributed by atoms with Crippen molar-refractivity contribution in [3.05, 3.63) is 78.9 Å². The molecule has 187 valence electrons. The molecule has 1 radical (unpaired) electrons. The van der Waals surface area contributed by atoms with Crippen molar-refractivity contribution in [1.29, 1.82) is 0 Å². The van der Waals surface area contributed by atoms with Crippen molar-refractivity contribution in [3.8, 4) is 5.75 Å². The van der Waals surface area contributed by atoms with Crippen LogP contribution in [-0.4, -0.2) is 62.6 Å². The zero-order valence-electron chi connectivity index (χ0n) is 20.0. The molecule has 0 aliphatic rings. The predicted octanol–water partition coefficient (Wildman–Crippen LogP) is 4.62. The summed E-state index contributed by atoms with van der Waals surface area (Å²) in [6.07, 6.45) is 0. The monoisotopic (exact) mass is 549 g/mol. The zero-order chi connectivity index (χ0) is 26.1. The molecule has 10 nitrogen and oxygen atoms in total. The van der Waals surface area contributed by atoms with Crippen LogP contribution in [0.15, 0.2) is 98.9 Å². The SMILES string of the molecule is CCN(c1ccccc1)S(=O)(=O)c1ccccc1N=Nc1c(N)ccc2cc(S(=O)(=O)O)cc(O)c12.[Na]. The number of benzene rings is 4. The van der Waals surface area contributed by atoms with Crippen molar-refractivity contribution in [2.75, 3.05) is 16.6 Å². The molecule has 0 heterocycles. The number of nitrogens with zero attached hydrogens (tertiary/aromatic N) is 3. The number of azo groups is 1. The summed E-state index contributed by atoms with van der Waals surface area (Å²) in [5, 5.41) is 19.1. The molecule has 0 bridgehead atoms. The first-order valence-electron chi connectivity index (χ1n) is 10.6. The molecular weight excluding hydrogens is 527 g/mol. The molecule has 13 heteroatoms. The molecule has 0 saturated carbocycles. The molecular formula is C24H22N4NaO6S2. The van der Waals surface area contributed by atoms with Crippen LogP contribution in [0.25, 0.3) is 10.8 Å². The fraction of sp³-hybridized carbons (Fsp3) is 0.0833. The molecule has 0 aromatic heterocycles. The van der Waals surface area contributed by atoms with Crippen molar-refractivity contribution >= 4 is 83.2 Å². The standard InChI is InChI=1S/C24H22N4O6S2.Na/c1-2-28(17-8-4-3-5-9-17)35(30,31)22-11-7-6-10-20(22)26-27-24-19(25)13-12-16-14-18(36(32,33)34)15-21(29)23(16)24;/h3-15,29H,2,25H2,1H3,(H,32,33,34);. The Kier molecular flexibility index (Phi) is 8.63. The van der Waals surface area contributed by atoms with Gasteiger partial charge in [-0.15, -0.1) is 10.2 Å². The van der Waals surface area contributed by atoms with E-state index >= 15 is 0 Å². The number of hydrogen-bond donors (Lipinski definition) is 3. The van der Waals surface area contributed by atoms with Gasteiger partial charge in [-0.05, 0) is 48.7 Å². The first kappa shape index (κ1) is 28.6. The molecule has 0 aliphatic heterocycles. The van der Waals surface area contributed by atoms with Crippen molar-refractivity contribution in [1.82, 2.24) is 0 Å². The summed E-state index contributed by atoms with van der Waals surface area (Å²) < 4.78 is 60.7. The zero-order valence-corrected chi connectivity index (χ0v) is 23.6. The van der Waals surface area contributed by atoms with Crippen LogP contribution in [0.5, 0.6) is 5.75 Å². The molecule has 0 saturated heterocycles. The normalized spacial score (nSPS) is 11.9. The Morgan fingerprint density at radius 2 is 1.54 bits per heavy atom. The maximum absolute atomic E-state index is 13.5. The second kappa shape index (κ2) is 11.2. The van der Waals surface area contributed by atoms with Gasteiger partial charge in [-0.2, -0.15) is 8.42 Å². The minimum atomic E-state index is -4.57. The number of phenols is 1. The first-order valence-corrected chi connectivity index (χ1v) is 13.5. The van der Waals surface area contributed by atoms with E-state index in [2.05, 4.69) is 10.2 Å². The number of nitrogens with two attached hydrogens (primary N) is 1. The Balaban J connectivity index is 0.00000380. The topological polar surface area (TPSA) is 163 Å². The fourth-order valence-corrected chi connectivity index (χ4v) is 5.87. The van der Waals surface area contributed by atoms with Crippen LogP contribution in [0.1, 0.15) is 6.92 Å². The molecule has 4 aromatic rings. The largest absolute Gasteiger partial charge is 0.507 e. The number of sulfonamides is 1. The molecule has 4 N–H and O–H groups in total. The van der Waals surface area contributed by atoms with Crippen LogP contribution in [-0.2, 0) is 20.1 Å². The minimum absolute atomic E-state index is 0. The van der Waals surface area contributed by atoms with Gasteiger partial charge in [0.25, 0.3) is 20.1 Å². The second-order valence-corrected chi connectivity index (χ2v) is 10.9. The van der Waals surface area contributed by atoms with Gasteiger partial charge in [0.15, 0.2) is 0 Å². The molecule has 0 atom stereocenters. The van der Waals surface area contributed by atoms with Crippen LogP contribution in [0.4, 0.5) is 22.7 Å². The van der Waals surface area contributed by atoms with Gasteiger partial charge in [0, 0.05) is 42.2 Å². The Morgan fingerprint density at radius 3 is 2.19 bits per heavy atom. The average molecular weight is 550 g/mol. The average Bonchev–Trinajstić information content (AvgIpc) is 2.84. The van der Waals surface area contributed by atoms with E-state index in [0.717, 1.165) is 12.1 Å². The summed E-state index contributed by atoms with van der Waals surface area (Å²) >= 11 is 0. The molecule has 0 amide bonds. The Hall–Kier alpha value is -3.00. The maximum Gasteiger partial charge on any atom is 0.294 e. The number of aromatic hydroxyl groups is 1. The van der Waals surface area contributed by atoms with Crippen molar-refractivity contribution in [3.63, 3.8) is 0 Å². The molecule has 37 heavy (non-hydrogen) atoms. The molecule has 0 aliphatic carbocycles. The van der Waals surface area contributed by atoms with Gasteiger partial charge >= 0.3 is 0 Å². The van der Waals surface area contributed by atoms with Crippen molar-refractivity contribution in [2.45, 2.75) is 16.7 Å². The Bertz CT molecular complexity index is 1700. The van der Waals surface area contributed by atoms with Gasteiger partial charge < -0.3 is 10.8 Å². The summed E-state index contributed by atoms with van der Waals surface area (Å²) in [5.41, 5.74) is 6.70. The second-order valence-electron chi connectivity index (χ2n) is 7.69. The summed E-state index contributed by atoms with van der Waals surface area (Å²) in [6.45, 7) is 1.90. The Morgan fingerprint density at radius 1 is 0.892 bits per heavy atom. The van der Waals surface area contributed by atoms with E-state index in [0.29, 0.717) is 5.69 Å². The molecule has 0 fully saturated rings. The van der Waals surface area contributed by atoms with Crippen LogP contribution >= 0.6 is 0 Å². The third-order valence-corrected chi connectivity index (χ3v) is 8.18. The van der Waals surface area contributed by atoms with E-state index in [1.165, 1.54) is 28.6 Å². The number of nitrogen functional groups attached to an aromatic ring is 1. The summed E-state index contributed by atoms with van der Waals surface area (Å²) in [4.78, 5) is -0.590. The number of hydrogen-bond acceptors (Lipinski definition) is 8. The summed E-state index contributed by atoms with van der Waals surface area (Å²) in [5.74, 6) is -0.497. The predicted molar refractivity (Wildman–Crippen MR) is 143 cm³/mol. The van der Waals surface area contributed by atoms with Crippen LogP contribution in [0.2, 0.25) is 0 Å². The number of fused-ring (bicyclic) bond motifs is 1. The third kappa shape index (κ3) is 5.79.